The first-order valence-electron chi connectivity index (χ1n) is 8.20. The molecule has 142 valence electrons. The summed E-state index contributed by atoms with van der Waals surface area (Å²) in [6.45, 7) is 0.685. The Morgan fingerprint density at radius 3 is 2.74 bits per heavy atom. The molecular formula is C17H18ClN5O2S2. The van der Waals surface area contributed by atoms with Gasteiger partial charge >= 0.3 is 0 Å². The van der Waals surface area contributed by atoms with Gasteiger partial charge in [0.15, 0.2) is 20.2 Å². The minimum absolute atomic E-state index is 0.0503. The van der Waals surface area contributed by atoms with Crippen LogP contribution < -0.4 is 5.84 Å². The van der Waals surface area contributed by atoms with Gasteiger partial charge in [0.2, 0.25) is 9.84 Å². The van der Waals surface area contributed by atoms with Gasteiger partial charge in [-0.15, -0.1) is 11.3 Å². The maximum Gasteiger partial charge on any atom is 0.243 e. The molecule has 0 aliphatic rings. The average Bonchev–Trinajstić information content (AvgIpc) is 3.24. The van der Waals surface area contributed by atoms with Crippen molar-refractivity contribution in [1.29, 1.82) is 0 Å². The maximum absolute atomic E-state index is 13.6. The van der Waals surface area contributed by atoms with Gasteiger partial charge in [0.25, 0.3) is 0 Å². The third kappa shape index (κ3) is 2.82. The highest BCUT2D eigenvalue weighted by Gasteiger charge is 2.33. The van der Waals surface area contributed by atoms with E-state index in [0.717, 1.165) is 5.39 Å². The second-order valence-electron chi connectivity index (χ2n) is 6.49. The van der Waals surface area contributed by atoms with Gasteiger partial charge in [-0.2, -0.15) is 0 Å². The molecule has 3 aromatic heterocycles. The van der Waals surface area contributed by atoms with Crippen LogP contribution in [0.2, 0.25) is 5.15 Å². The Bertz CT molecular complexity index is 1250. The van der Waals surface area contributed by atoms with Gasteiger partial charge in [0, 0.05) is 29.1 Å². The monoisotopic (exact) mass is 423 g/mol. The smallest absolute Gasteiger partial charge is 0.243 e. The fraction of sp³-hybridized carbons (Fsp3) is 0.235. The molecule has 1 aromatic carbocycles. The quantitative estimate of drug-likeness (QED) is 0.499. The molecule has 0 aliphatic heterocycles. The van der Waals surface area contributed by atoms with Crippen LogP contribution in [-0.4, -0.2) is 48.0 Å². The number of rotatable bonds is 5. The molecule has 4 rings (SSSR count). The fourth-order valence-corrected chi connectivity index (χ4v) is 6.30. The first-order valence-corrected chi connectivity index (χ1v) is 10.9. The molecule has 4 aromatic rings. The van der Waals surface area contributed by atoms with E-state index in [1.54, 1.807) is 11.6 Å². The second-order valence-corrected chi connectivity index (χ2v) is 9.50. The predicted molar refractivity (Wildman–Crippen MR) is 108 cm³/mol. The summed E-state index contributed by atoms with van der Waals surface area (Å²) in [4.78, 5) is 6.69. The molecule has 0 fully saturated rings. The van der Waals surface area contributed by atoms with Crippen molar-refractivity contribution >= 4 is 48.6 Å². The molecule has 0 aliphatic carbocycles. The lowest BCUT2D eigenvalue weighted by molar-refractivity contribution is 0.412. The zero-order valence-electron chi connectivity index (χ0n) is 14.8. The van der Waals surface area contributed by atoms with Gasteiger partial charge in [0.1, 0.15) is 0 Å². The van der Waals surface area contributed by atoms with E-state index in [4.69, 9.17) is 17.4 Å². The minimum atomic E-state index is -4.00. The van der Waals surface area contributed by atoms with Crippen LogP contribution in [0.4, 0.5) is 0 Å². The van der Waals surface area contributed by atoms with Crippen molar-refractivity contribution in [3.05, 3.63) is 46.6 Å². The van der Waals surface area contributed by atoms with Crippen molar-refractivity contribution in [2.75, 3.05) is 26.5 Å². The highest BCUT2D eigenvalue weighted by atomic mass is 35.5. The molecule has 0 amide bonds. The number of halogens is 1. The zero-order valence-corrected chi connectivity index (χ0v) is 17.1. The van der Waals surface area contributed by atoms with Crippen molar-refractivity contribution in [2.24, 2.45) is 0 Å². The van der Waals surface area contributed by atoms with Gasteiger partial charge in [-0.25, -0.2) is 13.4 Å². The van der Waals surface area contributed by atoms with E-state index in [1.807, 2.05) is 43.3 Å². The van der Waals surface area contributed by atoms with Crippen molar-refractivity contribution in [3.63, 3.8) is 0 Å². The van der Waals surface area contributed by atoms with Gasteiger partial charge in [0.05, 0.1) is 5.52 Å². The highest BCUT2D eigenvalue weighted by Crippen LogP contribution is 2.35. The summed E-state index contributed by atoms with van der Waals surface area (Å²) in [5, 5.41) is 2.54. The summed E-state index contributed by atoms with van der Waals surface area (Å²) < 4.78 is 30.0. The van der Waals surface area contributed by atoms with E-state index >= 15 is 0 Å². The molecule has 27 heavy (non-hydrogen) atoms. The van der Waals surface area contributed by atoms with Crippen LogP contribution in [0.15, 0.2) is 45.9 Å². The zero-order chi connectivity index (χ0) is 19.3. The second kappa shape index (κ2) is 6.52. The largest absolute Gasteiger partial charge is 0.338 e. The summed E-state index contributed by atoms with van der Waals surface area (Å²) in [7, 11) is -0.113. The molecular weight excluding hydrogens is 406 g/mol. The van der Waals surface area contributed by atoms with E-state index in [9.17, 15) is 8.42 Å². The standard InChI is InChI=1S/C17H18ClN5O2S2/c1-21(2)8-7-12-11-5-3-4-6-13(11)23(19)15(12)27(24,25)16-14(18)20-17-22(16)9-10-26-17/h3-6,9-10H,7-8,19H2,1-2H3. The Balaban J connectivity index is 2.02. The van der Waals surface area contributed by atoms with Crippen LogP contribution >= 0.6 is 22.9 Å². The number of aromatic nitrogens is 3. The summed E-state index contributed by atoms with van der Waals surface area (Å²) in [5.41, 5.74) is 1.34. The molecule has 3 heterocycles. The third-order valence-electron chi connectivity index (χ3n) is 4.46. The van der Waals surface area contributed by atoms with Gasteiger partial charge in [-0.3, -0.25) is 9.08 Å². The number of para-hydroxylation sites is 1. The van der Waals surface area contributed by atoms with Crippen molar-refractivity contribution in [3.8, 4) is 0 Å². The van der Waals surface area contributed by atoms with E-state index in [2.05, 4.69) is 4.98 Å². The molecule has 0 saturated heterocycles. The number of nitrogens with two attached hydrogens (primary N) is 1. The van der Waals surface area contributed by atoms with E-state index < -0.39 is 9.84 Å². The summed E-state index contributed by atoms with van der Waals surface area (Å²) >= 11 is 7.53. The Hall–Kier alpha value is -2.07. The SMILES string of the molecule is CN(C)CCc1c(S(=O)(=O)c2c(Cl)nc3sccn23)n(N)c2ccccc12. The predicted octanol–water partition coefficient (Wildman–Crippen LogP) is 2.65. The summed E-state index contributed by atoms with van der Waals surface area (Å²) in [6.07, 6.45) is 2.18. The van der Waals surface area contributed by atoms with Crippen LogP contribution in [0, 0.1) is 0 Å². The number of likely N-dealkylation sites (N-methyl/N-ethyl adjacent to an activating group) is 1. The third-order valence-corrected chi connectivity index (χ3v) is 7.45. The molecule has 0 bridgehead atoms. The minimum Gasteiger partial charge on any atom is -0.338 e. The van der Waals surface area contributed by atoms with Crippen molar-refractivity contribution in [1.82, 2.24) is 19.0 Å². The molecule has 0 radical (unpaired) electrons. The molecule has 0 spiro atoms. The Morgan fingerprint density at radius 1 is 1.26 bits per heavy atom. The number of nitrogen functional groups attached to an aromatic ring is 1. The lowest BCUT2D eigenvalue weighted by atomic mass is 10.1. The molecule has 2 N–H and O–H groups in total. The number of sulfone groups is 1. The number of benzene rings is 1. The maximum atomic E-state index is 13.6. The lowest BCUT2D eigenvalue weighted by Gasteiger charge is -2.12. The molecule has 7 nitrogen and oxygen atoms in total. The number of hydrogen-bond acceptors (Lipinski definition) is 6. The van der Waals surface area contributed by atoms with Crippen LogP contribution in [0.5, 0.6) is 0 Å². The number of hydrogen-bond donors (Lipinski definition) is 1. The lowest BCUT2D eigenvalue weighted by Crippen LogP contribution is -2.21. The molecule has 10 heteroatoms. The van der Waals surface area contributed by atoms with Crippen molar-refractivity contribution < 1.29 is 8.42 Å². The normalized spacial score (nSPS) is 12.6. The topological polar surface area (TPSA) is 85.6 Å². The van der Waals surface area contributed by atoms with E-state index in [0.29, 0.717) is 29.0 Å². The van der Waals surface area contributed by atoms with Gasteiger partial charge < -0.3 is 10.7 Å². The number of imidazole rings is 1. The van der Waals surface area contributed by atoms with Gasteiger partial charge in [-0.1, -0.05) is 29.8 Å². The Morgan fingerprint density at radius 2 is 2.00 bits per heavy atom. The van der Waals surface area contributed by atoms with Crippen LogP contribution in [0.1, 0.15) is 5.56 Å². The summed E-state index contributed by atoms with van der Waals surface area (Å²) in [6, 6.07) is 7.41. The van der Waals surface area contributed by atoms with Crippen LogP contribution in [-0.2, 0) is 16.3 Å². The van der Waals surface area contributed by atoms with Crippen LogP contribution in [0.3, 0.4) is 0 Å². The first kappa shape index (κ1) is 18.3. The van der Waals surface area contributed by atoms with Gasteiger partial charge in [-0.05, 0) is 26.6 Å². The van der Waals surface area contributed by atoms with Crippen LogP contribution in [0.25, 0.3) is 15.9 Å². The average molecular weight is 424 g/mol. The number of thiazole rings is 1. The number of fused-ring (bicyclic) bond motifs is 2. The highest BCUT2D eigenvalue weighted by molar-refractivity contribution is 7.91. The Kier molecular flexibility index (Phi) is 4.42. The van der Waals surface area contributed by atoms with Crippen molar-refractivity contribution in [2.45, 2.75) is 16.5 Å². The molecule has 0 saturated carbocycles. The fourth-order valence-electron chi connectivity index (χ4n) is 3.25. The van der Waals surface area contributed by atoms with E-state index in [1.165, 1.54) is 20.4 Å². The number of nitrogens with zero attached hydrogens (tertiary/aromatic N) is 4. The molecule has 0 atom stereocenters. The summed E-state index contributed by atoms with van der Waals surface area (Å²) in [5.74, 6) is 6.26. The first-order chi connectivity index (χ1) is 12.8. The van der Waals surface area contributed by atoms with E-state index in [-0.39, 0.29) is 15.2 Å². The Labute approximate surface area is 165 Å². The molecule has 0 unspecified atom stereocenters.